The minimum absolute atomic E-state index is 0.0198. The highest BCUT2D eigenvalue weighted by Crippen LogP contribution is 2.71. The Morgan fingerprint density at radius 1 is 1.15 bits per heavy atom. The van der Waals surface area contributed by atoms with Crippen LogP contribution in [-0.2, 0) is 9.53 Å². The lowest BCUT2D eigenvalue weighted by Crippen LogP contribution is -2.53. The maximum Gasteiger partial charge on any atom is 0.166 e. The van der Waals surface area contributed by atoms with E-state index in [1.807, 2.05) is 19.1 Å². The highest BCUT2D eigenvalue weighted by atomic mass is 16.6. The molecule has 5 rings (SSSR count). The van der Waals surface area contributed by atoms with E-state index < -0.39 is 5.79 Å². The molecule has 26 heavy (non-hydrogen) atoms. The highest BCUT2D eigenvalue weighted by Gasteiger charge is 2.70. The molecule has 0 aromatic rings. The number of ketones is 1. The Kier molecular flexibility index (Phi) is 3.52. The summed E-state index contributed by atoms with van der Waals surface area (Å²) in [7, 11) is 0. The second kappa shape index (κ2) is 5.32. The van der Waals surface area contributed by atoms with Gasteiger partial charge in [-0.15, -0.1) is 6.58 Å². The van der Waals surface area contributed by atoms with Crippen molar-refractivity contribution in [1.82, 2.24) is 0 Å². The molecule has 3 nitrogen and oxygen atoms in total. The number of hydrogen-bond donors (Lipinski definition) is 1. The molecule has 3 heteroatoms. The molecule has 4 aliphatic carbocycles. The zero-order chi connectivity index (χ0) is 18.3. The van der Waals surface area contributed by atoms with E-state index in [0.717, 1.165) is 32.1 Å². The second-order valence-corrected chi connectivity index (χ2v) is 10.1. The summed E-state index contributed by atoms with van der Waals surface area (Å²) in [6.07, 6.45) is 12.6. The third-order valence-electron chi connectivity index (χ3n) is 9.31. The summed E-state index contributed by atoms with van der Waals surface area (Å²) in [5, 5.41) is 10.9. The SMILES string of the molecule is C=C[C@H]1OC(C)(O)[C@H]2CC[C@H]3[C@@H]4CCC5=CC(=O)CC[C@]5(C)[C@H]4CC[C@@]213. The van der Waals surface area contributed by atoms with Gasteiger partial charge < -0.3 is 9.84 Å². The molecular formula is C23H32O3. The molecule has 1 unspecified atom stereocenters. The molecule has 0 bridgehead atoms. The van der Waals surface area contributed by atoms with Gasteiger partial charge in [0.05, 0.1) is 6.10 Å². The first-order chi connectivity index (χ1) is 12.3. The zero-order valence-corrected chi connectivity index (χ0v) is 16.2. The van der Waals surface area contributed by atoms with E-state index in [4.69, 9.17) is 4.74 Å². The molecule has 0 aromatic heterocycles. The molecule has 1 aliphatic heterocycles. The number of aliphatic hydroxyl groups is 1. The third-order valence-corrected chi connectivity index (χ3v) is 9.31. The number of fused-ring (bicyclic) bond motifs is 4. The topological polar surface area (TPSA) is 46.5 Å². The summed E-state index contributed by atoms with van der Waals surface area (Å²) in [6, 6.07) is 0. The van der Waals surface area contributed by atoms with Gasteiger partial charge in [-0.3, -0.25) is 4.79 Å². The number of allylic oxidation sites excluding steroid dienone is 1. The Labute approximate surface area is 156 Å². The number of hydrogen-bond acceptors (Lipinski definition) is 3. The predicted molar refractivity (Wildman–Crippen MR) is 100 cm³/mol. The van der Waals surface area contributed by atoms with Gasteiger partial charge in [0.15, 0.2) is 11.6 Å². The molecule has 142 valence electrons. The van der Waals surface area contributed by atoms with E-state index in [9.17, 15) is 9.90 Å². The van der Waals surface area contributed by atoms with Crippen molar-refractivity contribution in [2.24, 2.45) is 34.5 Å². The average molecular weight is 357 g/mol. The smallest absolute Gasteiger partial charge is 0.166 e. The van der Waals surface area contributed by atoms with Crippen LogP contribution in [0.25, 0.3) is 0 Å². The van der Waals surface area contributed by atoms with Crippen LogP contribution in [0.3, 0.4) is 0 Å². The first kappa shape index (κ1) is 17.2. The summed E-state index contributed by atoms with van der Waals surface area (Å²) in [5.74, 6) is 1.56. The van der Waals surface area contributed by atoms with Crippen molar-refractivity contribution < 1.29 is 14.6 Å². The van der Waals surface area contributed by atoms with Gasteiger partial charge in [-0.25, -0.2) is 0 Å². The summed E-state index contributed by atoms with van der Waals surface area (Å²) in [6.45, 7) is 8.36. The molecule has 8 atom stereocenters. The van der Waals surface area contributed by atoms with Gasteiger partial charge in [0.25, 0.3) is 0 Å². The summed E-state index contributed by atoms with van der Waals surface area (Å²) >= 11 is 0. The van der Waals surface area contributed by atoms with Crippen molar-refractivity contribution in [3.63, 3.8) is 0 Å². The fourth-order valence-corrected chi connectivity index (χ4v) is 8.32. The van der Waals surface area contributed by atoms with Crippen LogP contribution in [0.4, 0.5) is 0 Å². The summed E-state index contributed by atoms with van der Waals surface area (Å²) in [4.78, 5) is 12.0. The van der Waals surface area contributed by atoms with E-state index >= 15 is 0 Å². The molecule has 1 spiro atoms. The lowest BCUT2D eigenvalue weighted by Gasteiger charge is -2.58. The molecule has 1 N–H and O–H groups in total. The van der Waals surface area contributed by atoms with Crippen molar-refractivity contribution in [2.45, 2.75) is 77.1 Å². The monoisotopic (exact) mass is 356 g/mol. The van der Waals surface area contributed by atoms with Gasteiger partial charge in [0.2, 0.25) is 0 Å². The minimum atomic E-state index is -1.01. The van der Waals surface area contributed by atoms with Crippen LogP contribution in [0.2, 0.25) is 0 Å². The molecule has 5 aliphatic rings. The van der Waals surface area contributed by atoms with Gasteiger partial charge in [0, 0.05) is 17.8 Å². The van der Waals surface area contributed by atoms with Crippen LogP contribution < -0.4 is 0 Å². The van der Waals surface area contributed by atoms with Crippen LogP contribution in [0.1, 0.15) is 65.2 Å². The van der Waals surface area contributed by atoms with Gasteiger partial charge in [0.1, 0.15) is 0 Å². The van der Waals surface area contributed by atoms with Gasteiger partial charge in [-0.1, -0.05) is 18.6 Å². The Morgan fingerprint density at radius 3 is 2.73 bits per heavy atom. The molecule has 4 fully saturated rings. The second-order valence-electron chi connectivity index (χ2n) is 10.1. The first-order valence-electron chi connectivity index (χ1n) is 10.6. The standard InChI is InChI=1S/C23H32O3/c1-4-20-23-12-10-17-16(18(23)7-8-19(23)22(3,25)26-20)6-5-14-13-15(24)9-11-21(14,17)2/h4,13,16-20,25H,1,5-12H2,2-3H3/t16-,17+,18+,19-,20-,21+,22?,23-/m1/s1. The van der Waals surface area contributed by atoms with Gasteiger partial charge in [-0.2, -0.15) is 0 Å². The molecule has 1 heterocycles. The Balaban J connectivity index is 1.54. The minimum Gasteiger partial charge on any atom is -0.365 e. The largest absolute Gasteiger partial charge is 0.365 e. The fourth-order valence-electron chi connectivity index (χ4n) is 8.32. The van der Waals surface area contributed by atoms with Crippen molar-refractivity contribution in [2.75, 3.05) is 0 Å². The molecule has 0 radical (unpaired) electrons. The number of carbonyl (C=O) groups is 1. The van der Waals surface area contributed by atoms with Crippen LogP contribution in [0.15, 0.2) is 24.3 Å². The van der Waals surface area contributed by atoms with E-state index in [-0.39, 0.29) is 22.9 Å². The fraction of sp³-hybridized carbons (Fsp3) is 0.783. The molecule has 3 saturated carbocycles. The Bertz CT molecular complexity index is 692. The highest BCUT2D eigenvalue weighted by molar-refractivity contribution is 5.91. The van der Waals surface area contributed by atoms with E-state index in [0.29, 0.717) is 23.5 Å². The van der Waals surface area contributed by atoms with E-state index in [2.05, 4.69) is 13.5 Å². The van der Waals surface area contributed by atoms with Crippen molar-refractivity contribution in [3.8, 4) is 0 Å². The zero-order valence-electron chi connectivity index (χ0n) is 16.2. The van der Waals surface area contributed by atoms with Gasteiger partial charge in [-0.05, 0) is 81.1 Å². The summed E-state index contributed by atoms with van der Waals surface area (Å²) in [5.41, 5.74) is 1.71. The summed E-state index contributed by atoms with van der Waals surface area (Å²) < 4.78 is 6.13. The Hall–Kier alpha value is -0.930. The van der Waals surface area contributed by atoms with Crippen LogP contribution in [0, 0.1) is 34.5 Å². The molecule has 1 saturated heterocycles. The molecule has 0 aromatic carbocycles. The number of carbonyl (C=O) groups excluding carboxylic acids is 1. The lowest BCUT2D eigenvalue weighted by atomic mass is 9.45. The normalized spacial score (nSPS) is 55.4. The molecule has 0 amide bonds. The van der Waals surface area contributed by atoms with Crippen LogP contribution in [0.5, 0.6) is 0 Å². The maximum absolute atomic E-state index is 12.0. The van der Waals surface area contributed by atoms with E-state index in [1.54, 1.807) is 0 Å². The van der Waals surface area contributed by atoms with Crippen molar-refractivity contribution in [3.05, 3.63) is 24.3 Å². The quantitative estimate of drug-likeness (QED) is 0.708. The lowest BCUT2D eigenvalue weighted by molar-refractivity contribution is -0.192. The van der Waals surface area contributed by atoms with Crippen LogP contribution in [-0.4, -0.2) is 22.8 Å². The number of ether oxygens (including phenoxy) is 1. The van der Waals surface area contributed by atoms with Gasteiger partial charge >= 0.3 is 0 Å². The van der Waals surface area contributed by atoms with Crippen molar-refractivity contribution >= 4 is 5.78 Å². The maximum atomic E-state index is 12.0. The number of rotatable bonds is 1. The first-order valence-corrected chi connectivity index (χ1v) is 10.6. The van der Waals surface area contributed by atoms with Crippen molar-refractivity contribution in [1.29, 1.82) is 0 Å². The average Bonchev–Trinajstić information content (AvgIpc) is 3.10. The molecular weight excluding hydrogens is 324 g/mol. The van der Waals surface area contributed by atoms with E-state index in [1.165, 1.54) is 24.8 Å². The predicted octanol–water partition coefficient (Wildman–Crippen LogP) is 4.41. The van der Waals surface area contributed by atoms with Crippen LogP contribution >= 0.6 is 0 Å². The Morgan fingerprint density at radius 2 is 1.96 bits per heavy atom. The third kappa shape index (κ3) is 1.94.